The number of allylic oxidation sites excluding steroid dienone is 1. The zero-order chi connectivity index (χ0) is 12.1. The lowest BCUT2D eigenvalue weighted by molar-refractivity contribution is -0.113. The van der Waals surface area contributed by atoms with Crippen molar-refractivity contribution in [3.05, 3.63) is 52.1 Å². The van der Waals surface area contributed by atoms with Crippen molar-refractivity contribution in [3.8, 4) is 0 Å². The highest BCUT2D eigenvalue weighted by molar-refractivity contribution is 8.25. The lowest BCUT2D eigenvalue weighted by Gasteiger charge is -2.04. The number of carbonyl (C=O) groups is 1. The van der Waals surface area contributed by atoms with E-state index in [4.69, 9.17) is 0 Å². The molecule has 1 aliphatic rings. The summed E-state index contributed by atoms with van der Waals surface area (Å²) in [5.74, 6) is 2.46. The van der Waals surface area contributed by atoms with E-state index in [2.05, 4.69) is 18.6 Å². The summed E-state index contributed by atoms with van der Waals surface area (Å²) in [6, 6.07) is 10.2. The number of thioether (sulfide) groups is 2. The highest BCUT2D eigenvalue weighted by atomic mass is 32.2. The molecule has 1 saturated heterocycles. The van der Waals surface area contributed by atoms with Gasteiger partial charge in [0.2, 0.25) is 0 Å². The number of carbonyl (C=O) groups excluding carboxylic acids is 1. The molecule has 0 aromatic heterocycles. The fourth-order valence-corrected chi connectivity index (χ4v) is 4.34. The van der Waals surface area contributed by atoms with Gasteiger partial charge in [-0.15, -0.1) is 23.5 Å². The average Bonchev–Trinajstić information content (AvgIpc) is 2.84. The molecule has 0 radical (unpaired) electrons. The van der Waals surface area contributed by atoms with Gasteiger partial charge in [0.25, 0.3) is 0 Å². The molecule has 0 unspecified atom stereocenters. The van der Waals surface area contributed by atoms with E-state index < -0.39 is 0 Å². The highest BCUT2D eigenvalue weighted by Gasteiger charge is 2.18. The Kier molecular flexibility index (Phi) is 4.63. The quantitative estimate of drug-likeness (QED) is 0.605. The Balaban J connectivity index is 2.05. The van der Waals surface area contributed by atoms with E-state index >= 15 is 0 Å². The number of hydrogen-bond acceptors (Lipinski definition) is 3. The Labute approximate surface area is 111 Å². The van der Waals surface area contributed by atoms with Crippen LogP contribution in [0, 0.1) is 6.42 Å². The third-order valence-electron chi connectivity index (χ3n) is 2.56. The molecule has 1 aliphatic heterocycles. The van der Waals surface area contributed by atoms with Gasteiger partial charge in [0.15, 0.2) is 5.78 Å². The van der Waals surface area contributed by atoms with Gasteiger partial charge in [-0.2, -0.15) is 0 Å². The zero-order valence-electron chi connectivity index (χ0n) is 9.81. The first-order valence-electron chi connectivity index (χ1n) is 5.65. The first kappa shape index (κ1) is 12.7. The summed E-state index contributed by atoms with van der Waals surface area (Å²) in [5, 5.41) is 0. The largest absolute Gasteiger partial charge is 0.295 e. The van der Waals surface area contributed by atoms with E-state index in [-0.39, 0.29) is 5.78 Å². The van der Waals surface area contributed by atoms with Gasteiger partial charge in [-0.3, -0.25) is 4.79 Å². The zero-order valence-corrected chi connectivity index (χ0v) is 11.4. The third kappa shape index (κ3) is 3.58. The lowest BCUT2D eigenvalue weighted by atomic mass is 10.0. The molecule has 1 aromatic carbocycles. The van der Waals surface area contributed by atoms with Gasteiger partial charge >= 0.3 is 0 Å². The van der Waals surface area contributed by atoms with Crippen LogP contribution in [0.15, 0.2) is 40.1 Å². The molecule has 88 valence electrons. The van der Waals surface area contributed by atoms with Crippen LogP contribution >= 0.6 is 23.5 Å². The molecule has 1 heterocycles. The second-order valence-corrected chi connectivity index (χ2v) is 6.31. The molecule has 2 rings (SSSR count). The molecule has 0 amide bonds. The monoisotopic (exact) mass is 263 g/mol. The Morgan fingerprint density at radius 1 is 1.24 bits per heavy atom. The summed E-state index contributed by atoms with van der Waals surface area (Å²) < 4.78 is 1.23. The second-order valence-electron chi connectivity index (χ2n) is 3.84. The molecule has 0 saturated carbocycles. The predicted octanol–water partition coefficient (Wildman–Crippen LogP) is 3.91. The highest BCUT2D eigenvalue weighted by Crippen LogP contribution is 2.40. The van der Waals surface area contributed by atoms with E-state index in [0.717, 1.165) is 23.5 Å². The summed E-state index contributed by atoms with van der Waals surface area (Å²) in [4.78, 5) is 11.6. The van der Waals surface area contributed by atoms with Crippen molar-refractivity contribution >= 4 is 29.3 Å². The molecule has 3 heteroatoms. The van der Waals surface area contributed by atoms with Gasteiger partial charge in [-0.05, 0) is 25.1 Å². The van der Waals surface area contributed by atoms with Crippen molar-refractivity contribution in [3.63, 3.8) is 0 Å². The van der Waals surface area contributed by atoms with Crippen LogP contribution in [-0.4, -0.2) is 17.3 Å². The summed E-state index contributed by atoms with van der Waals surface area (Å²) in [7, 11) is 0. The number of Topliss-reactive ketones (excluding diaryl/α,β-unsaturated/α-hetero) is 1. The second kappa shape index (κ2) is 6.22. The predicted molar refractivity (Wildman–Crippen MR) is 77.1 cm³/mol. The third-order valence-corrected chi connectivity index (χ3v) is 5.36. The van der Waals surface area contributed by atoms with Crippen LogP contribution in [0.2, 0.25) is 0 Å². The molecule has 0 atom stereocenters. The smallest absolute Gasteiger partial charge is 0.158 e. The minimum Gasteiger partial charge on any atom is -0.295 e. The van der Waals surface area contributed by atoms with E-state index in [0.29, 0.717) is 0 Å². The van der Waals surface area contributed by atoms with Gasteiger partial charge < -0.3 is 0 Å². The molecular formula is C14H15OS2+. The van der Waals surface area contributed by atoms with Crippen molar-refractivity contribution in [1.29, 1.82) is 0 Å². The van der Waals surface area contributed by atoms with Crippen molar-refractivity contribution < 1.29 is 4.79 Å². The number of ketones is 1. The SMILES string of the molecule is CC(=O)C(C[CH+]c1ccccc1)=C1SCCS1. The van der Waals surface area contributed by atoms with Crippen LogP contribution in [0.3, 0.4) is 0 Å². The van der Waals surface area contributed by atoms with Gasteiger partial charge in [0, 0.05) is 46.3 Å². The molecule has 1 nitrogen and oxygen atoms in total. The molecular weight excluding hydrogens is 248 g/mol. The fourth-order valence-electron chi connectivity index (χ4n) is 1.66. The van der Waals surface area contributed by atoms with Crippen molar-refractivity contribution in [2.45, 2.75) is 13.3 Å². The van der Waals surface area contributed by atoms with Gasteiger partial charge in [0.05, 0.1) is 0 Å². The average molecular weight is 263 g/mol. The first-order valence-corrected chi connectivity index (χ1v) is 7.62. The maximum atomic E-state index is 11.6. The Morgan fingerprint density at radius 2 is 1.88 bits per heavy atom. The van der Waals surface area contributed by atoms with E-state index in [9.17, 15) is 4.79 Å². The maximum absolute atomic E-state index is 11.6. The fraction of sp³-hybridized carbons (Fsp3) is 0.286. The number of benzene rings is 1. The van der Waals surface area contributed by atoms with Gasteiger partial charge in [0.1, 0.15) is 5.56 Å². The maximum Gasteiger partial charge on any atom is 0.158 e. The van der Waals surface area contributed by atoms with E-state index in [1.807, 2.05) is 41.7 Å². The molecule has 1 aromatic rings. The van der Waals surface area contributed by atoms with Gasteiger partial charge in [-0.1, -0.05) is 0 Å². The molecule has 0 N–H and O–H groups in total. The molecule has 1 fully saturated rings. The van der Waals surface area contributed by atoms with Crippen LogP contribution < -0.4 is 0 Å². The Bertz CT molecular complexity index is 415. The number of hydrogen-bond donors (Lipinski definition) is 0. The Morgan fingerprint density at radius 3 is 2.47 bits per heavy atom. The van der Waals surface area contributed by atoms with E-state index in [1.165, 1.54) is 9.80 Å². The minimum absolute atomic E-state index is 0.203. The van der Waals surface area contributed by atoms with Crippen molar-refractivity contribution in [1.82, 2.24) is 0 Å². The normalized spacial score (nSPS) is 14.8. The van der Waals surface area contributed by atoms with Crippen LogP contribution in [0.5, 0.6) is 0 Å². The van der Waals surface area contributed by atoms with E-state index in [1.54, 1.807) is 6.92 Å². The van der Waals surface area contributed by atoms with Crippen LogP contribution in [0.4, 0.5) is 0 Å². The van der Waals surface area contributed by atoms with Gasteiger partial charge in [-0.25, -0.2) is 0 Å². The first-order chi connectivity index (χ1) is 8.27. The van der Waals surface area contributed by atoms with Crippen LogP contribution in [0.25, 0.3) is 0 Å². The molecule has 17 heavy (non-hydrogen) atoms. The van der Waals surface area contributed by atoms with Crippen LogP contribution in [0.1, 0.15) is 18.9 Å². The molecule has 0 bridgehead atoms. The summed E-state index contributed by atoms with van der Waals surface area (Å²) in [6.07, 6.45) is 2.87. The lowest BCUT2D eigenvalue weighted by Crippen LogP contribution is -1.99. The summed E-state index contributed by atoms with van der Waals surface area (Å²) >= 11 is 3.63. The molecule has 0 aliphatic carbocycles. The standard InChI is InChI=1S/C14H15OS2/c1-11(15)13(14-16-9-10-17-14)8-7-12-5-3-2-4-6-12/h2-7H,8-10H2,1H3/q+1. The summed E-state index contributed by atoms with van der Waals surface area (Å²) in [5.41, 5.74) is 2.15. The topological polar surface area (TPSA) is 17.1 Å². The van der Waals surface area contributed by atoms with Crippen molar-refractivity contribution in [2.75, 3.05) is 11.5 Å². The van der Waals surface area contributed by atoms with Crippen LogP contribution in [-0.2, 0) is 4.79 Å². The summed E-state index contributed by atoms with van der Waals surface area (Å²) in [6.45, 7) is 1.67. The van der Waals surface area contributed by atoms with Crippen molar-refractivity contribution in [2.24, 2.45) is 0 Å². The number of rotatable bonds is 4. The molecule has 0 spiro atoms. The minimum atomic E-state index is 0.203. The Hall–Kier alpha value is -0.800.